The molecule has 0 saturated heterocycles. The Balaban J connectivity index is 1.75. The number of hydrogen-bond acceptors (Lipinski definition) is 4. The smallest absolute Gasteiger partial charge is 0.255 e. The fraction of sp³-hybridized carbons (Fsp3) is 0.0556. The molecule has 3 aromatic rings. The SMILES string of the molecule is C=CC(=O)N(C)c1ccc(C(=O)Nc2ccc3nscc3c2)cc1. The first kappa shape index (κ1) is 15.9. The van der Waals surface area contributed by atoms with Crippen LogP contribution in [0.2, 0.25) is 0 Å². The molecule has 2 amide bonds. The second-order valence-electron chi connectivity index (χ2n) is 5.19. The third kappa shape index (κ3) is 3.18. The van der Waals surface area contributed by atoms with Crippen LogP contribution >= 0.6 is 11.5 Å². The molecule has 120 valence electrons. The summed E-state index contributed by atoms with van der Waals surface area (Å²) in [6, 6.07) is 12.4. The number of nitrogens with one attached hydrogen (secondary N) is 1. The normalized spacial score (nSPS) is 10.4. The summed E-state index contributed by atoms with van der Waals surface area (Å²) in [5.74, 6) is -0.410. The Morgan fingerprint density at radius 3 is 2.67 bits per heavy atom. The third-order valence-corrected chi connectivity index (χ3v) is 4.30. The highest BCUT2D eigenvalue weighted by Gasteiger charge is 2.10. The minimum Gasteiger partial charge on any atom is -0.322 e. The number of nitrogens with zero attached hydrogens (tertiary/aromatic N) is 2. The molecule has 0 spiro atoms. The topological polar surface area (TPSA) is 62.3 Å². The van der Waals surface area contributed by atoms with Crippen molar-refractivity contribution < 1.29 is 9.59 Å². The highest BCUT2D eigenvalue weighted by molar-refractivity contribution is 7.04. The average molecular weight is 337 g/mol. The van der Waals surface area contributed by atoms with E-state index in [4.69, 9.17) is 0 Å². The first-order chi connectivity index (χ1) is 11.6. The summed E-state index contributed by atoms with van der Waals surface area (Å²) in [7, 11) is 1.66. The molecule has 2 aromatic carbocycles. The van der Waals surface area contributed by atoms with E-state index in [1.54, 1.807) is 31.3 Å². The molecule has 5 nitrogen and oxygen atoms in total. The predicted octanol–water partition coefficient (Wildman–Crippen LogP) is 3.70. The van der Waals surface area contributed by atoms with Crippen LogP contribution < -0.4 is 10.2 Å². The van der Waals surface area contributed by atoms with Gasteiger partial charge >= 0.3 is 0 Å². The summed E-state index contributed by atoms with van der Waals surface area (Å²) in [4.78, 5) is 25.4. The standard InChI is InChI=1S/C18H15N3O2S/c1-3-17(22)21(2)15-7-4-12(5-8-15)18(23)19-14-6-9-16-13(10-14)11-24-20-16/h3-11H,1H2,2H3,(H,19,23). The molecule has 1 N–H and O–H groups in total. The lowest BCUT2D eigenvalue weighted by Crippen LogP contribution is -2.23. The Labute approximate surface area is 143 Å². The molecule has 0 aliphatic heterocycles. The number of rotatable bonds is 4. The van der Waals surface area contributed by atoms with Gasteiger partial charge in [-0.3, -0.25) is 9.59 Å². The number of fused-ring (bicyclic) bond motifs is 1. The van der Waals surface area contributed by atoms with Crippen LogP contribution in [0.1, 0.15) is 10.4 Å². The maximum Gasteiger partial charge on any atom is 0.255 e. The zero-order chi connectivity index (χ0) is 17.1. The van der Waals surface area contributed by atoms with Crippen LogP contribution in [0.5, 0.6) is 0 Å². The van der Waals surface area contributed by atoms with Crippen molar-refractivity contribution in [1.29, 1.82) is 0 Å². The number of benzene rings is 2. The van der Waals surface area contributed by atoms with Crippen LogP contribution in [0.15, 0.2) is 60.5 Å². The monoisotopic (exact) mass is 337 g/mol. The molecule has 0 saturated carbocycles. The van der Waals surface area contributed by atoms with E-state index in [1.807, 2.05) is 23.6 Å². The van der Waals surface area contributed by atoms with Gasteiger partial charge in [-0.15, -0.1) is 0 Å². The summed E-state index contributed by atoms with van der Waals surface area (Å²) >= 11 is 1.38. The predicted molar refractivity (Wildman–Crippen MR) is 97.6 cm³/mol. The lowest BCUT2D eigenvalue weighted by Gasteiger charge is -2.15. The molecule has 0 aliphatic rings. The molecule has 24 heavy (non-hydrogen) atoms. The molecular weight excluding hydrogens is 322 g/mol. The van der Waals surface area contributed by atoms with Gasteiger partial charge in [-0.2, -0.15) is 4.37 Å². The van der Waals surface area contributed by atoms with E-state index < -0.39 is 0 Å². The summed E-state index contributed by atoms with van der Waals surface area (Å²) in [5.41, 5.74) is 2.84. The lowest BCUT2D eigenvalue weighted by molar-refractivity contribution is -0.113. The largest absolute Gasteiger partial charge is 0.322 e. The van der Waals surface area contributed by atoms with Crippen molar-refractivity contribution in [2.24, 2.45) is 0 Å². The molecule has 3 rings (SSSR count). The number of carbonyl (C=O) groups excluding carboxylic acids is 2. The van der Waals surface area contributed by atoms with E-state index in [9.17, 15) is 9.59 Å². The molecule has 1 aromatic heterocycles. The van der Waals surface area contributed by atoms with Gasteiger partial charge in [-0.1, -0.05) is 6.58 Å². The first-order valence-corrected chi connectivity index (χ1v) is 8.08. The van der Waals surface area contributed by atoms with Crippen molar-refractivity contribution in [2.45, 2.75) is 0 Å². The molecule has 0 unspecified atom stereocenters. The maximum absolute atomic E-state index is 12.3. The van der Waals surface area contributed by atoms with Crippen LogP contribution in [0.4, 0.5) is 11.4 Å². The Kier molecular flexibility index (Phi) is 4.39. The van der Waals surface area contributed by atoms with Crippen LogP contribution in [-0.2, 0) is 4.79 Å². The third-order valence-electron chi connectivity index (χ3n) is 3.64. The highest BCUT2D eigenvalue weighted by atomic mass is 32.1. The van der Waals surface area contributed by atoms with Gasteiger partial charge in [0.2, 0.25) is 5.91 Å². The minimum absolute atomic E-state index is 0.204. The number of aromatic nitrogens is 1. The number of hydrogen-bond donors (Lipinski definition) is 1. The fourth-order valence-electron chi connectivity index (χ4n) is 2.25. The second-order valence-corrected chi connectivity index (χ2v) is 5.82. The van der Waals surface area contributed by atoms with E-state index in [1.165, 1.54) is 22.5 Å². The summed E-state index contributed by atoms with van der Waals surface area (Å²) in [6.07, 6.45) is 1.25. The Bertz CT molecular complexity index is 915. The fourth-order valence-corrected chi connectivity index (χ4v) is 2.89. The van der Waals surface area contributed by atoms with Crippen molar-refractivity contribution in [3.05, 3.63) is 66.1 Å². The van der Waals surface area contributed by atoms with Gasteiger partial charge in [-0.05, 0) is 60.1 Å². The van der Waals surface area contributed by atoms with E-state index in [2.05, 4.69) is 16.3 Å². The molecule has 0 radical (unpaired) electrons. The molecule has 1 heterocycles. The molecule has 0 aliphatic carbocycles. The van der Waals surface area contributed by atoms with E-state index in [0.29, 0.717) is 11.3 Å². The number of carbonyl (C=O) groups is 2. The number of likely N-dealkylation sites (N-methyl/N-ethyl adjacent to an activating group) is 1. The molecular formula is C18H15N3O2S. The summed E-state index contributed by atoms with van der Waals surface area (Å²) in [6.45, 7) is 3.46. The second kappa shape index (κ2) is 6.64. The van der Waals surface area contributed by atoms with Gasteiger partial charge in [-0.25, -0.2) is 0 Å². The Morgan fingerprint density at radius 1 is 1.21 bits per heavy atom. The van der Waals surface area contributed by atoms with Gasteiger partial charge in [0.25, 0.3) is 5.91 Å². The zero-order valence-corrected chi connectivity index (χ0v) is 13.8. The first-order valence-electron chi connectivity index (χ1n) is 7.24. The quantitative estimate of drug-likeness (QED) is 0.739. The van der Waals surface area contributed by atoms with Crippen molar-refractivity contribution in [2.75, 3.05) is 17.3 Å². The summed E-state index contributed by atoms with van der Waals surface area (Å²) < 4.78 is 4.23. The minimum atomic E-state index is -0.207. The van der Waals surface area contributed by atoms with Gasteiger partial charge in [0.1, 0.15) is 0 Å². The van der Waals surface area contributed by atoms with Crippen LogP contribution in [0.3, 0.4) is 0 Å². The van der Waals surface area contributed by atoms with Crippen LogP contribution in [0.25, 0.3) is 10.9 Å². The maximum atomic E-state index is 12.3. The Morgan fingerprint density at radius 2 is 1.96 bits per heavy atom. The zero-order valence-electron chi connectivity index (χ0n) is 13.0. The number of anilines is 2. The Hall–Kier alpha value is -2.99. The highest BCUT2D eigenvalue weighted by Crippen LogP contribution is 2.21. The van der Waals surface area contributed by atoms with Crippen LogP contribution in [-0.4, -0.2) is 23.2 Å². The van der Waals surface area contributed by atoms with Crippen molar-refractivity contribution in [3.63, 3.8) is 0 Å². The molecule has 0 atom stereocenters. The van der Waals surface area contributed by atoms with E-state index >= 15 is 0 Å². The average Bonchev–Trinajstić information content (AvgIpc) is 3.08. The van der Waals surface area contributed by atoms with Crippen molar-refractivity contribution >= 4 is 45.6 Å². The van der Waals surface area contributed by atoms with Crippen molar-refractivity contribution in [3.8, 4) is 0 Å². The molecule has 0 bridgehead atoms. The lowest BCUT2D eigenvalue weighted by atomic mass is 10.1. The van der Waals surface area contributed by atoms with Gasteiger partial charge < -0.3 is 10.2 Å². The van der Waals surface area contributed by atoms with Crippen molar-refractivity contribution in [1.82, 2.24) is 4.37 Å². The van der Waals surface area contributed by atoms with E-state index in [-0.39, 0.29) is 11.8 Å². The molecule has 0 fully saturated rings. The van der Waals surface area contributed by atoms with E-state index in [0.717, 1.165) is 16.6 Å². The van der Waals surface area contributed by atoms with Gasteiger partial charge in [0.05, 0.1) is 5.52 Å². The van der Waals surface area contributed by atoms with Crippen LogP contribution in [0, 0.1) is 0 Å². The van der Waals surface area contributed by atoms with Gasteiger partial charge in [0.15, 0.2) is 0 Å². The number of amides is 2. The summed E-state index contributed by atoms with van der Waals surface area (Å²) in [5, 5.41) is 5.80. The molecule has 6 heteroatoms. The van der Waals surface area contributed by atoms with Gasteiger partial charge in [0, 0.05) is 34.8 Å².